The summed E-state index contributed by atoms with van der Waals surface area (Å²) in [6, 6.07) is 0. The summed E-state index contributed by atoms with van der Waals surface area (Å²) in [5, 5.41) is 0.0596. The van der Waals surface area contributed by atoms with Gasteiger partial charge < -0.3 is 13.0 Å². The van der Waals surface area contributed by atoms with Crippen LogP contribution in [0.15, 0.2) is 0 Å². The third-order valence-electron chi connectivity index (χ3n) is 5.84. The van der Waals surface area contributed by atoms with Crippen molar-refractivity contribution in [3.05, 3.63) is 0 Å². The molecule has 10 heteroatoms. The van der Waals surface area contributed by atoms with Crippen LogP contribution in [0.4, 0.5) is 0 Å². The van der Waals surface area contributed by atoms with E-state index < -0.39 is 33.3 Å². The van der Waals surface area contributed by atoms with E-state index in [4.69, 9.17) is 17.2 Å². The second-order valence-electron chi connectivity index (χ2n) is 9.27. The second-order valence-corrected chi connectivity index (χ2v) is 21.0. The predicted molar refractivity (Wildman–Crippen MR) is 120 cm³/mol. The molecule has 0 aliphatic carbocycles. The van der Waals surface area contributed by atoms with Crippen molar-refractivity contribution in [2.75, 3.05) is 18.6 Å². The molecule has 2 rings (SSSR count). The molecule has 0 saturated carbocycles. The molecule has 0 aromatic rings. The minimum absolute atomic E-state index is 0.0596. The highest BCUT2D eigenvalue weighted by atomic mass is 32.2. The molecule has 2 aliphatic rings. The maximum atomic E-state index is 11.8. The Morgan fingerprint density at radius 3 is 1.86 bits per heavy atom. The number of hydrogen-bond acceptors (Lipinski definition) is 7. The van der Waals surface area contributed by atoms with Gasteiger partial charge in [-0.25, -0.2) is 0 Å². The molecule has 2 heterocycles. The first-order valence-electron chi connectivity index (χ1n) is 10.3. The zero-order valence-electron chi connectivity index (χ0n) is 18.7. The molecule has 2 fully saturated rings. The number of rotatable bonds is 6. The Kier molecular flexibility index (Phi) is 7.96. The Bertz CT molecular complexity index is 622. The van der Waals surface area contributed by atoms with Gasteiger partial charge in [-0.15, -0.1) is 0 Å². The van der Waals surface area contributed by atoms with E-state index in [1.54, 1.807) is 11.8 Å². The average Bonchev–Trinajstić information content (AvgIpc) is 2.85. The predicted octanol–water partition coefficient (Wildman–Crippen LogP) is 4.40. The van der Waals surface area contributed by atoms with Crippen LogP contribution in [-0.4, -0.2) is 61.6 Å². The van der Waals surface area contributed by atoms with E-state index in [-0.39, 0.29) is 22.4 Å². The molecule has 28 heavy (non-hydrogen) atoms. The topological polar surface area (TPSA) is 71.1 Å². The van der Waals surface area contributed by atoms with Crippen LogP contribution in [0.5, 0.6) is 0 Å². The van der Waals surface area contributed by atoms with Gasteiger partial charge >= 0.3 is 17.1 Å². The summed E-state index contributed by atoms with van der Waals surface area (Å²) in [7, 11) is -8.84. The molecule has 2 saturated heterocycles. The Balaban J connectivity index is 2.51. The van der Waals surface area contributed by atoms with Crippen molar-refractivity contribution < 1.29 is 25.6 Å². The first kappa shape index (κ1) is 24.8. The third-order valence-corrected chi connectivity index (χ3v) is 18.0. The monoisotopic (exact) mass is 470 g/mol. The summed E-state index contributed by atoms with van der Waals surface area (Å²) in [5.41, 5.74) is 1.02. The molecule has 0 amide bonds. The summed E-state index contributed by atoms with van der Waals surface area (Å²) in [4.78, 5) is 0. The highest BCUT2D eigenvalue weighted by Gasteiger charge is 2.60. The first-order valence-corrected chi connectivity index (χ1v) is 17.1. The lowest BCUT2D eigenvalue weighted by atomic mass is 10.2. The van der Waals surface area contributed by atoms with E-state index in [2.05, 4.69) is 55.4 Å². The second kappa shape index (κ2) is 8.98. The van der Waals surface area contributed by atoms with Crippen molar-refractivity contribution in [2.45, 2.75) is 95.0 Å². The van der Waals surface area contributed by atoms with Crippen LogP contribution in [-0.2, 0) is 27.3 Å². The molecule has 6 nitrogen and oxygen atoms in total. The largest absolute Gasteiger partial charge is 0.414 e. The zero-order valence-corrected chi connectivity index (χ0v) is 22.4. The van der Waals surface area contributed by atoms with Crippen LogP contribution in [0.3, 0.4) is 0 Å². The van der Waals surface area contributed by atoms with Gasteiger partial charge in [-0.05, 0) is 22.2 Å². The first-order chi connectivity index (χ1) is 12.7. The molecule has 166 valence electrons. The van der Waals surface area contributed by atoms with Gasteiger partial charge in [-0.2, -0.15) is 20.2 Å². The van der Waals surface area contributed by atoms with Gasteiger partial charge in [0.1, 0.15) is 6.10 Å². The van der Waals surface area contributed by atoms with Gasteiger partial charge in [0.2, 0.25) is 0 Å². The molecule has 0 unspecified atom stereocenters. The fourth-order valence-electron chi connectivity index (χ4n) is 4.39. The molecule has 0 bridgehead atoms. The van der Waals surface area contributed by atoms with Gasteiger partial charge in [-0.1, -0.05) is 55.4 Å². The Morgan fingerprint density at radius 2 is 1.43 bits per heavy atom. The molecule has 2 aliphatic heterocycles. The van der Waals surface area contributed by atoms with Crippen LogP contribution in [0.1, 0.15) is 55.4 Å². The number of hydrogen-bond donors (Lipinski definition) is 0. The van der Waals surface area contributed by atoms with Crippen molar-refractivity contribution >= 4 is 39.0 Å². The maximum Gasteiger partial charge on any atom is 0.335 e. The minimum Gasteiger partial charge on any atom is -0.414 e. The Labute approximate surface area is 178 Å². The number of thioether (sulfide) groups is 1. The van der Waals surface area contributed by atoms with E-state index in [9.17, 15) is 8.42 Å². The smallest absolute Gasteiger partial charge is 0.335 e. The molecule has 0 aromatic heterocycles. The van der Waals surface area contributed by atoms with Crippen LogP contribution in [0.2, 0.25) is 22.2 Å². The van der Waals surface area contributed by atoms with E-state index in [0.29, 0.717) is 23.4 Å². The Hall–Kier alpha value is 0.574. The minimum atomic E-state index is -3.56. The SMILES string of the molecule is CC(C)[Si]1(C(C)C)OC[C@H]2SC[C@H](OS(C)(=O)=O)[C@@H]2O[Si](C(C)C)(C(C)C)O1. The summed E-state index contributed by atoms with van der Waals surface area (Å²) < 4.78 is 49.7. The summed E-state index contributed by atoms with van der Waals surface area (Å²) in [5.74, 6) is 0.588. The van der Waals surface area contributed by atoms with Crippen LogP contribution >= 0.6 is 11.8 Å². The lowest BCUT2D eigenvalue weighted by molar-refractivity contribution is 0.0199. The van der Waals surface area contributed by atoms with Crippen molar-refractivity contribution in [1.29, 1.82) is 0 Å². The van der Waals surface area contributed by atoms with E-state index >= 15 is 0 Å². The van der Waals surface area contributed by atoms with E-state index in [1.807, 2.05) is 0 Å². The van der Waals surface area contributed by atoms with Gasteiger partial charge in [0.15, 0.2) is 0 Å². The lowest BCUT2D eigenvalue weighted by Crippen LogP contribution is -2.65. The van der Waals surface area contributed by atoms with Gasteiger partial charge in [0.05, 0.1) is 24.2 Å². The van der Waals surface area contributed by atoms with Crippen molar-refractivity contribution in [2.24, 2.45) is 0 Å². The van der Waals surface area contributed by atoms with Crippen LogP contribution < -0.4 is 0 Å². The quantitative estimate of drug-likeness (QED) is 0.421. The third kappa shape index (κ3) is 4.90. The van der Waals surface area contributed by atoms with Crippen molar-refractivity contribution in [3.8, 4) is 0 Å². The maximum absolute atomic E-state index is 11.8. The van der Waals surface area contributed by atoms with E-state index in [0.717, 1.165) is 6.26 Å². The van der Waals surface area contributed by atoms with Crippen molar-refractivity contribution in [1.82, 2.24) is 0 Å². The molecule has 0 N–H and O–H groups in total. The standard InChI is InChI=1S/C18H38O6S2Si2/c1-12(2)27(13(3)4)21-10-17-18(16(11-25-17)22-26(9,19)20)23-28(24-27,14(5)6)15(7)8/h12-18H,10-11H2,1-9H3/t16-,17+,18-/m0/s1. The lowest BCUT2D eigenvalue weighted by Gasteiger charge is -2.51. The summed E-state index contributed by atoms with van der Waals surface area (Å²) >= 11 is 1.70. The van der Waals surface area contributed by atoms with E-state index in [1.165, 1.54) is 0 Å². The van der Waals surface area contributed by atoms with Crippen molar-refractivity contribution in [3.63, 3.8) is 0 Å². The fourth-order valence-corrected chi connectivity index (χ4v) is 17.9. The summed E-state index contributed by atoms with van der Waals surface area (Å²) in [6.07, 6.45) is 0.280. The molecular weight excluding hydrogens is 432 g/mol. The zero-order chi connectivity index (χ0) is 21.5. The highest BCUT2D eigenvalue weighted by Crippen LogP contribution is 2.48. The average molecular weight is 471 g/mol. The Morgan fingerprint density at radius 1 is 0.929 bits per heavy atom. The highest BCUT2D eigenvalue weighted by molar-refractivity contribution is 8.00. The fraction of sp³-hybridized carbons (Fsp3) is 1.00. The van der Waals surface area contributed by atoms with Gasteiger partial charge in [0.25, 0.3) is 10.1 Å². The summed E-state index contributed by atoms with van der Waals surface area (Å²) in [6.45, 7) is 18.0. The van der Waals surface area contributed by atoms with Gasteiger partial charge in [-0.3, -0.25) is 4.18 Å². The molecule has 0 spiro atoms. The molecule has 3 atom stereocenters. The molecular formula is C18H38O6S2Si2. The molecule has 0 radical (unpaired) electrons. The van der Waals surface area contributed by atoms with Crippen LogP contribution in [0, 0.1) is 0 Å². The molecule has 0 aromatic carbocycles. The normalized spacial score (nSPS) is 30.7. The van der Waals surface area contributed by atoms with Crippen LogP contribution in [0.25, 0.3) is 0 Å². The van der Waals surface area contributed by atoms with Gasteiger partial charge in [0, 0.05) is 5.75 Å². The number of fused-ring (bicyclic) bond motifs is 1.